The molecule has 0 nitrogen and oxygen atoms in total. The van der Waals surface area contributed by atoms with Crippen LogP contribution < -0.4 is 0 Å². The van der Waals surface area contributed by atoms with Gasteiger partial charge in [0.15, 0.2) is 0 Å². The van der Waals surface area contributed by atoms with Crippen LogP contribution in [0.5, 0.6) is 0 Å². The Hall–Kier alpha value is 0.470. The molecule has 0 aromatic carbocycles. The first-order valence-corrected chi connectivity index (χ1v) is 6.67. The van der Waals surface area contributed by atoms with E-state index in [0.29, 0.717) is 10.2 Å². The number of halogens is 2. The summed E-state index contributed by atoms with van der Waals surface area (Å²) in [4.78, 5) is 1.96. The number of alkyl halides is 1. The summed E-state index contributed by atoms with van der Waals surface area (Å²) in [5.74, 6) is 0. The maximum Gasteiger partial charge on any atom is 0.0545 e. The Morgan fingerprint density at radius 2 is 2.38 bits per heavy atom. The van der Waals surface area contributed by atoms with Crippen molar-refractivity contribution in [1.29, 1.82) is 0 Å². The van der Waals surface area contributed by atoms with Crippen molar-refractivity contribution in [2.75, 3.05) is 0 Å². The Kier molecular flexibility index (Phi) is 2.74. The van der Waals surface area contributed by atoms with Crippen LogP contribution in [-0.4, -0.2) is 4.83 Å². The van der Waals surface area contributed by atoms with Crippen molar-refractivity contribution in [2.24, 2.45) is 5.41 Å². The van der Waals surface area contributed by atoms with Gasteiger partial charge in [0.05, 0.1) is 5.02 Å². The van der Waals surface area contributed by atoms with Crippen molar-refractivity contribution in [3.8, 4) is 0 Å². The number of hydrogen-bond acceptors (Lipinski definition) is 1. The first-order valence-electron chi connectivity index (χ1n) is 4.50. The Morgan fingerprint density at radius 3 is 2.77 bits per heavy atom. The molecule has 1 aliphatic carbocycles. The molecule has 0 radical (unpaired) electrons. The van der Waals surface area contributed by atoms with Crippen LogP contribution in [0.4, 0.5) is 0 Å². The molecule has 2 rings (SSSR count). The van der Waals surface area contributed by atoms with E-state index < -0.39 is 0 Å². The third-order valence-electron chi connectivity index (χ3n) is 2.94. The van der Waals surface area contributed by atoms with Crippen LogP contribution in [-0.2, 0) is 6.42 Å². The highest BCUT2D eigenvalue weighted by atomic mass is 79.9. The van der Waals surface area contributed by atoms with Gasteiger partial charge in [0.2, 0.25) is 0 Å². The van der Waals surface area contributed by atoms with Crippen LogP contribution in [0.1, 0.15) is 24.6 Å². The lowest BCUT2D eigenvalue weighted by Gasteiger charge is -2.16. The van der Waals surface area contributed by atoms with Crippen LogP contribution in [0.3, 0.4) is 0 Å². The SMILES string of the molecule is CC(Br)C1(Cc2sccc2Cl)CC1. The van der Waals surface area contributed by atoms with Crippen molar-refractivity contribution in [1.82, 2.24) is 0 Å². The van der Waals surface area contributed by atoms with E-state index in [2.05, 4.69) is 28.2 Å². The molecule has 0 bridgehead atoms. The van der Waals surface area contributed by atoms with Gasteiger partial charge in [-0.15, -0.1) is 11.3 Å². The van der Waals surface area contributed by atoms with E-state index in [1.54, 1.807) is 11.3 Å². The van der Waals surface area contributed by atoms with Gasteiger partial charge in [-0.2, -0.15) is 0 Å². The van der Waals surface area contributed by atoms with Gasteiger partial charge in [-0.1, -0.05) is 34.5 Å². The molecule has 1 heterocycles. The molecule has 0 amide bonds. The minimum absolute atomic E-state index is 0.508. The largest absolute Gasteiger partial charge is 0.147 e. The van der Waals surface area contributed by atoms with Crippen LogP contribution in [0.2, 0.25) is 5.02 Å². The summed E-state index contributed by atoms with van der Waals surface area (Å²) in [7, 11) is 0. The van der Waals surface area contributed by atoms with E-state index in [0.717, 1.165) is 11.4 Å². The molecule has 0 aliphatic heterocycles. The first kappa shape index (κ1) is 10.0. The summed E-state index contributed by atoms with van der Waals surface area (Å²) in [5.41, 5.74) is 0.508. The number of hydrogen-bond donors (Lipinski definition) is 0. The highest BCUT2D eigenvalue weighted by molar-refractivity contribution is 9.09. The Morgan fingerprint density at radius 1 is 1.69 bits per heavy atom. The third-order valence-corrected chi connectivity index (χ3v) is 5.30. The lowest BCUT2D eigenvalue weighted by Crippen LogP contribution is -2.14. The van der Waals surface area contributed by atoms with Gasteiger partial charge in [-0.25, -0.2) is 0 Å². The minimum Gasteiger partial charge on any atom is -0.147 e. The summed E-state index contributed by atoms with van der Waals surface area (Å²) >= 11 is 11.5. The minimum atomic E-state index is 0.508. The molecule has 1 unspecified atom stereocenters. The smallest absolute Gasteiger partial charge is 0.0545 e. The Bertz CT molecular complexity index is 302. The maximum absolute atomic E-state index is 6.07. The summed E-state index contributed by atoms with van der Waals surface area (Å²) in [6.07, 6.45) is 3.83. The fourth-order valence-corrected chi connectivity index (χ4v) is 3.52. The van der Waals surface area contributed by atoms with Crippen LogP contribution in [0.25, 0.3) is 0 Å². The summed E-state index contributed by atoms with van der Waals surface area (Å²) < 4.78 is 0. The molecule has 1 aromatic rings. The van der Waals surface area contributed by atoms with E-state index in [1.165, 1.54) is 17.7 Å². The van der Waals surface area contributed by atoms with Crippen molar-refractivity contribution < 1.29 is 0 Å². The van der Waals surface area contributed by atoms with E-state index in [4.69, 9.17) is 11.6 Å². The van der Waals surface area contributed by atoms with Crippen molar-refractivity contribution in [3.63, 3.8) is 0 Å². The van der Waals surface area contributed by atoms with Gasteiger partial charge in [-0.3, -0.25) is 0 Å². The zero-order valence-corrected chi connectivity index (χ0v) is 10.7. The zero-order chi connectivity index (χ0) is 9.47. The first-order chi connectivity index (χ1) is 6.14. The van der Waals surface area contributed by atoms with Gasteiger partial charge < -0.3 is 0 Å². The molecule has 0 saturated heterocycles. The van der Waals surface area contributed by atoms with Gasteiger partial charge in [0.25, 0.3) is 0 Å². The summed E-state index contributed by atoms with van der Waals surface area (Å²) in [6, 6.07) is 2.00. The third kappa shape index (κ3) is 1.95. The predicted octanol–water partition coefficient (Wildman–Crippen LogP) is 4.51. The lowest BCUT2D eigenvalue weighted by molar-refractivity contribution is 0.513. The summed E-state index contributed by atoms with van der Waals surface area (Å²) in [6.45, 7) is 2.24. The highest BCUT2D eigenvalue weighted by Crippen LogP contribution is 2.54. The highest BCUT2D eigenvalue weighted by Gasteiger charge is 2.46. The molecule has 1 aliphatic rings. The second-order valence-corrected chi connectivity index (χ2v) is 6.63. The normalized spacial score (nSPS) is 21.5. The zero-order valence-electron chi connectivity index (χ0n) is 7.52. The van der Waals surface area contributed by atoms with Gasteiger partial charge in [0.1, 0.15) is 0 Å². The van der Waals surface area contributed by atoms with Gasteiger partial charge in [0, 0.05) is 9.70 Å². The molecule has 13 heavy (non-hydrogen) atoms. The quantitative estimate of drug-likeness (QED) is 0.714. The average molecular weight is 280 g/mol. The molecular formula is C10H12BrClS. The lowest BCUT2D eigenvalue weighted by atomic mass is 9.98. The number of thiophene rings is 1. The second kappa shape index (κ2) is 3.56. The molecule has 1 atom stereocenters. The molecule has 0 spiro atoms. The monoisotopic (exact) mass is 278 g/mol. The standard InChI is InChI=1S/C10H12BrClS/c1-7(11)10(3-4-10)6-9-8(12)2-5-13-9/h2,5,7H,3-4,6H2,1H3. The van der Waals surface area contributed by atoms with Crippen molar-refractivity contribution in [2.45, 2.75) is 31.0 Å². The van der Waals surface area contributed by atoms with Crippen molar-refractivity contribution in [3.05, 3.63) is 21.3 Å². The Labute approximate surface area is 96.4 Å². The van der Waals surface area contributed by atoms with E-state index >= 15 is 0 Å². The molecule has 1 saturated carbocycles. The fraction of sp³-hybridized carbons (Fsp3) is 0.600. The van der Waals surface area contributed by atoms with E-state index in [-0.39, 0.29) is 0 Å². The predicted molar refractivity (Wildman–Crippen MR) is 63.1 cm³/mol. The van der Waals surface area contributed by atoms with E-state index in [9.17, 15) is 0 Å². The number of rotatable bonds is 3. The van der Waals surface area contributed by atoms with Gasteiger partial charge >= 0.3 is 0 Å². The average Bonchev–Trinajstić information content (AvgIpc) is 2.74. The molecule has 0 N–H and O–H groups in total. The maximum atomic E-state index is 6.07. The molecular weight excluding hydrogens is 268 g/mol. The topological polar surface area (TPSA) is 0 Å². The van der Waals surface area contributed by atoms with Gasteiger partial charge in [-0.05, 0) is 36.1 Å². The molecule has 1 aromatic heterocycles. The van der Waals surface area contributed by atoms with Crippen molar-refractivity contribution >= 4 is 38.9 Å². The van der Waals surface area contributed by atoms with Crippen LogP contribution >= 0.6 is 38.9 Å². The molecule has 72 valence electrons. The second-order valence-electron chi connectivity index (χ2n) is 3.85. The van der Waals surface area contributed by atoms with E-state index in [1.807, 2.05) is 6.07 Å². The van der Waals surface area contributed by atoms with Crippen LogP contribution in [0.15, 0.2) is 11.4 Å². The molecule has 1 fully saturated rings. The van der Waals surface area contributed by atoms with Crippen LogP contribution in [0, 0.1) is 5.41 Å². The molecule has 3 heteroatoms. The summed E-state index contributed by atoms with van der Waals surface area (Å²) in [5, 5.41) is 3.02. The fourth-order valence-electron chi connectivity index (χ4n) is 1.65. The Balaban J connectivity index is 2.10.